The number of pyridine rings is 1. The molecule has 0 unspecified atom stereocenters. The van der Waals surface area contributed by atoms with Crippen molar-refractivity contribution in [3.63, 3.8) is 0 Å². The minimum atomic E-state index is -0.986. The maximum absolute atomic E-state index is 13.3. The van der Waals surface area contributed by atoms with Gasteiger partial charge in [-0.2, -0.15) is 0 Å². The highest BCUT2D eigenvalue weighted by molar-refractivity contribution is 5.96. The molecule has 6 nitrogen and oxygen atoms in total. The van der Waals surface area contributed by atoms with Crippen molar-refractivity contribution in [2.45, 2.75) is 39.2 Å². The number of fused-ring (bicyclic) bond motifs is 2. The van der Waals surface area contributed by atoms with Crippen molar-refractivity contribution in [1.29, 1.82) is 0 Å². The van der Waals surface area contributed by atoms with Crippen molar-refractivity contribution in [2.24, 2.45) is 10.8 Å². The minimum Gasteiger partial charge on any atom is -0.448 e. The van der Waals surface area contributed by atoms with Crippen LogP contribution in [0.15, 0.2) is 24.4 Å². The molecular weight excluding hydrogens is 318 g/mol. The molecule has 25 heavy (non-hydrogen) atoms. The zero-order valence-electron chi connectivity index (χ0n) is 15.2. The molecule has 2 aliphatic heterocycles. The van der Waals surface area contributed by atoms with Gasteiger partial charge < -0.3 is 9.64 Å². The fourth-order valence-corrected chi connectivity index (χ4v) is 4.71. The molecule has 0 aromatic carbocycles. The van der Waals surface area contributed by atoms with Crippen molar-refractivity contribution in [1.82, 2.24) is 4.90 Å². The van der Waals surface area contributed by atoms with E-state index >= 15 is 0 Å². The van der Waals surface area contributed by atoms with Crippen molar-refractivity contribution in [3.8, 4) is 0 Å². The fourth-order valence-electron chi connectivity index (χ4n) is 4.71. The van der Waals surface area contributed by atoms with Gasteiger partial charge in [0.25, 0.3) is 11.7 Å². The SMILES string of the molecule is CC1(C)[C@@]2(C(=O)N3CCN(c4cccc[nH+]4)CC3)CC[C@]1(C)C(=O)O2. The molecule has 2 saturated heterocycles. The Labute approximate surface area is 148 Å². The summed E-state index contributed by atoms with van der Waals surface area (Å²) < 4.78 is 5.74. The van der Waals surface area contributed by atoms with Gasteiger partial charge in [-0.05, 0) is 25.8 Å². The average Bonchev–Trinajstić information content (AvgIpc) is 2.92. The van der Waals surface area contributed by atoms with Crippen molar-refractivity contribution < 1.29 is 19.3 Å². The van der Waals surface area contributed by atoms with E-state index in [1.807, 2.05) is 50.1 Å². The van der Waals surface area contributed by atoms with E-state index < -0.39 is 16.4 Å². The van der Waals surface area contributed by atoms with Gasteiger partial charge in [0.05, 0.1) is 24.7 Å². The number of hydrogen-bond donors (Lipinski definition) is 0. The third kappa shape index (κ3) is 1.99. The number of rotatable bonds is 2. The monoisotopic (exact) mass is 344 g/mol. The predicted molar refractivity (Wildman–Crippen MR) is 91.7 cm³/mol. The number of aromatic amines is 1. The number of aromatic nitrogens is 1. The molecule has 0 spiro atoms. The highest BCUT2D eigenvalue weighted by Crippen LogP contribution is 2.65. The average molecular weight is 344 g/mol. The standard InChI is InChI=1S/C19H25N3O3/c1-17(2)18(3)7-8-19(17,25-16(18)24)15(23)22-12-10-21(11-13-22)14-6-4-5-9-20-14/h4-6,9H,7-8,10-13H2,1-3H3/p+1/t18-,19+/m1/s1. The third-order valence-electron chi connectivity index (χ3n) is 7.03. The summed E-state index contributed by atoms with van der Waals surface area (Å²) in [7, 11) is 0. The Morgan fingerprint density at radius 1 is 1.12 bits per heavy atom. The van der Waals surface area contributed by atoms with E-state index in [1.165, 1.54) is 0 Å². The van der Waals surface area contributed by atoms with Gasteiger partial charge in [-0.15, -0.1) is 0 Å². The lowest BCUT2D eigenvalue weighted by Gasteiger charge is -2.40. The number of carbonyl (C=O) groups is 2. The van der Waals surface area contributed by atoms with E-state index in [1.54, 1.807) is 0 Å². The van der Waals surface area contributed by atoms with E-state index in [0.29, 0.717) is 19.5 Å². The molecular formula is C19H26N3O3+. The number of esters is 1. The smallest absolute Gasteiger partial charge is 0.313 e. The Hall–Kier alpha value is -2.11. The van der Waals surface area contributed by atoms with E-state index in [2.05, 4.69) is 9.88 Å². The topological polar surface area (TPSA) is 64.0 Å². The number of nitrogens with one attached hydrogen (secondary N) is 1. The second kappa shape index (κ2) is 5.19. The summed E-state index contributed by atoms with van der Waals surface area (Å²) in [5, 5.41) is 0. The maximum atomic E-state index is 13.3. The molecule has 2 bridgehead atoms. The molecule has 1 aromatic rings. The van der Waals surface area contributed by atoms with E-state index in [-0.39, 0.29) is 11.9 Å². The van der Waals surface area contributed by atoms with Crippen LogP contribution >= 0.6 is 0 Å². The van der Waals surface area contributed by atoms with E-state index in [0.717, 1.165) is 25.3 Å². The second-order valence-electron chi connectivity index (χ2n) is 8.20. The van der Waals surface area contributed by atoms with Crippen LogP contribution in [0.3, 0.4) is 0 Å². The number of amides is 1. The maximum Gasteiger partial charge on any atom is 0.313 e. The Kier molecular flexibility index (Phi) is 3.40. The van der Waals surface area contributed by atoms with Crippen molar-refractivity contribution in [2.75, 3.05) is 31.1 Å². The van der Waals surface area contributed by atoms with Crippen LogP contribution in [-0.2, 0) is 14.3 Å². The number of hydrogen-bond acceptors (Lipinski definition) is 4. The molecule has 1 amide bonds. The van der Waals surface area contributed by atoms with Gasteiger partial charge in [0.1, 0.15) is 13.1 Å². The van der Waals surface area contributed by atoms with Crippen LogP contribution in [0, 0.1) is 10.8 Å². The lowest BCUT2D eigenvalue weighted by Crippen LogP contribution is -2.59. The Morgan fingerprint density at radius 3 is 2.36 bits per heavy atom. The normalized spacial score (nSPS) is 33.5. The van der Waals surface area contributed by atoms with Crippen LogP contribution < -0.4 is 9.88 Å². The largest absolute Gasteiger partial charge is 0.448 e. The Balaban J connectivity index is 1.51. The van der Waals surface area contributed by atoms with Gasteiger partial charge in [0.15, 0.2) is 5.60 Å². The number of anilines is 1. The first-order valence-corrected chi connectivity index (χ1v) is 9.06. The Morgan fingerprint density at radius 2 is 1.84 bits per heavy atom. The zero-order valence-corrected chi connectivity index (χ0v) is 15.2. The fraction of sp³-hybridized carbons (Fsp3) is 0.632. The van der Waals surface area contributed by atoms with Crippen LogP contribution in [0.1, 0.15) is 33.6 Å². The minimum absolute atomic E-state index is 0.0104. The van der Waals surface area contributed by atoms with Gasteiger partial charge in [-0.1, -0.05) is 19.9 Å². The number of ether oxygens (including phenoxy) is 1. The van der Waals surface area contributed by atoms with Crippen LogP contribution in [0.2, 0.25) is 0 Å². The summed E-state index contributed by atoms with van der Waals surface area (Å²) in [6.45, 7) is 8.81. The molecule has 0 radical (unpaired) electrons. The first-order valence-electron chi connectivity index (χ1n) is 9.06. The predicted octanol–water partition coefficient (Wildman–Crippen LogP) is 1.27. The third-order valence-corrected chi connectivity index (χ3v) is 7.03. The Bertz CT molecular complexity index is 712. The molecule has 3 aliphatic rings. The highest BCUT2D eigenvalue weighted by Gasteiger charge is 2.76. The van der Waals surface area contributed by atoms with Crippen LogP contribution in [0.25, 0.3) is 0 Å². The lowest BCUT2D eigenvalue weighted by molar-refractivity contribution is -0.364. The lowest BCUT2D eigenvalue weighted by atomic mass is 9.66. The van der Waals surface area contributed by atoms with Gasteiger partial charge in [0, 0.05) is 11.5 Å². The van der Waals surface area contributed by atoms with Crippen LogP contribution in [0.4, 0.5) is 5.82 Å². The zero-order chi connectivity index (χ0) is 17.9. The summed E-state index contributed by atoms with van der Waals surface area (Å²) in [6.07, 6.45) is 3.27. The summed E-state index contributed by atoms with van der Waals surface area (Å²) in [5.41, 5.74) is -2.01. The van der Waals surface area contributed by atoms with Crippen LogP contribution in [0.5, 0.6) is 0 Å². The number of carbonyl (C=O) groups excluding carboxylic acids is 2. The van der Waals surface area contributed by atoms with Crippen molar-refractivity contribution in [3.05, 3.63) is 24.4 Å². The quantitative estimate of drug-likeness (QED) is 0.758. The van der Waals surface area contributed by atoms with Gasteiger partial charge >= 0.3 is 5.97 Å². The molecule has 3 fully saturated rings. The van der Waals surface area contributed by atoms with E-state index in [4.69, 9.17) is 4.74 Å². The van der Waals surface area contributed by atoms with Crippen LogP contribution in [-0.4, -0.2) is 48.6 Å². The summed E-state index contributed by atoms with van der Waals surface area (Å²) in [4.78, 5) is 33.1. The number of nitrogens with zero attached hydrogens (tertiary/aromatic N) is 2. The molecule has 6 heteroatoms. The molecule has 1 aromatic heterocycles. The highest BCUT2D eigenvalue weighted by atomic mass is 16.6. The summed E-state index contributed by atoms with van der Waals surface area (Å²) in [5.74, 6) is 0.840. The molecule has 1 aliphatic carbocycles. The van der Waals surface area contributed by atoms with Crippen molar-refractivity contribution >= 4 is 17.7 Å². The second-order valence-corrected chi connectivity index (χ2v) is 8.20. The summed E-state index contributed by atoms with van der Waals surface area (Å²) >= 11 is 0. The number of piperazine rings is 1. The molecule has 1 saturated carbocycles. The molecule has 4 rings (SSSR count). The molecule has 1 N–H and O–H groups in total. The number of H-pyrrole nitrogens is 1. The first kappa shape index (κ1) is 16.4. The molecule has 3 heterocycles. The first-order chi connectivity index (χ1) is 11.8. The van der Waals surface area contributed by atoms with E-state index in [9.17, 15) is 9.59 Å². The summed E-state index contributed by atoms with van der Waals surface area (Å²) in [6, 6.07) is 6.00. The molecule has 2 atom stereocenters. The van der Waals surface area contributed by atoms with Gasteiger partial charge in [-0.25, -0.2) is 4.98 Å². The van der Waals surface area contributed by atoms with Gasteiger partial charge in [0.2, 0.25) is 0 Å². The van der Waals surface area contributed by atoms with Gasteiger partial charge in [-0.3, -0.25) is 14.5 Å². The molecule has 134 valence electrons.